The van der Waals surface area contributed by atoms with Crippen LogP contribution in [0.5, 0.6) is 5.75 Å². The molecule has 4 aromatic rings. The highest BCUT2D eigenvalue weighted by Gasteiger charge is 2.36. The highest BCUT2D eigenvalue weighted by Crippen LogP contribution is 2.39. The Kier molecular flexibility index (Phi) is 8.22. The summed E-state index contributed by atoms with van der Waals surface area (Å²) >= 11 is 0. The third-order valence-electron chi connectivity index (χ3n) is 9.91. The normalized spacial score (nSPS) is 20.4. The molecule has 1 N–H and O–H groups in total. The number of carbonyl (C=O) groups is 2. The van der Waals surface area contributed by atoms with Crippen molar-refractivity contribution in [3.8, 4) is 5.75 Å². The van der Waals surface area contributed by atoms with E-state index in [0.29, 0.717) is 48.1 Å². The van der Waals surface area contributed by atoms with Gasteiger partial charge in [-0.3, -0.25) is 14.4 Å². The fourth-order valence-electron chi connectivity index (χ4n) is 7.59. The first-order valence-corrected chi connectivity index (χ1v) is 16.4. The number of hydrogen-bond acceptors (Lipinski definition) is 6. The Balaban J connectivity index is 1.16. The SMILES string of the molecule is COc1ccc(C(=O)Nc2cc(C(=O)N3CCN(c4cccc(C)c4)[C@H](C)C3)ccc2N2C[C@H]3C[C@@H](C2)c2cccc(=O)n2C3)cc1. The molecular weight excluding hydrogens is 590 g/mol. The molecule has 3 aliphatic rings. The summed E-state index contributed by atoms with van der Waals surface area (Å²) in [6.45, 7) is 8.38. The van der Waals surface area contributed by atoms with Gasteiger partial charge in [0.1, 0.15) is 5.75 Å². The first-order chi connectivity index (χ1) is 22.8. The third kappa shape index (κ3) is 6.10. The van der Waals surface area contributed by atoms with Gasteiger partial charge in [0, 0.05) is 79.8 Å². The first-order valence-electron chi connectivity index (χ1n) is 16.4. The van der Waals surface area contributed by atoms with Crippen LogP contribution in [0.2, 0.25) is 0 Å². The van der Waals surface area contributed by atoms with Gasteiger partial charge < -0.3 is 29.3 Å². The lowest BCUT2D eigenvalue weighted by molar-refractivity contribution is 0.0726. The van der Waals surface area contributed by atoms with Crippen LogP contribution in [0.25, 0.3) is 0 Å². The molecule has 9 heteroatoms. The maximum absolute atomic E-state index is 14.0. The van der Waals surface area contributed by atoms with Crippen LogP contribution >= 0.6 is 0 Å². The molecule has 0 spiro atoms. The van der Waals surface area contributed by atoms with E-state index < -0.39 is 0 Å². The molecule has 0 radical (unpaired) electrons. The average molecular weight is 632 g/mol. The molecule has 2 fully saturated rings. The fourth-order valence-corrected chi connectivity index (χ4v) is 7.59. The average Bonchev–Trinajstić information content (AvgIpc) is 3.08. The number of ether oxygens (including phenoxy) is 1. The van der Waals surface area contributed by atoms with Gasteiger partial charge in [-0.25, -0.2) is 0 Å². The van der Waals surface area contributed by atoms with Crippen LogP contribution in [0, 0.1) is 12.8 Å². The number of nitrogens with one attached hydrogen (secondary N) is 1. The maximum Gasteiger partial charge on any atom is 0.255 e. The Hall–Kier alpha value is -5.05. The summed E-state index contributed by atoms with van der Waals surface area (Å²) in [6.07, 6.45) is 1.02. The van der Waals surface area contributed by atoms with E-state index >= 15 is 0 Å². The van der Waals surface area contributed by atoms with Crippen LogP contribution in [-0.4, -0.2) is 67.2 Å². The van der Waals surface area contributed by atoms with Crippen molar-refractivity contribution < 1.29 is 14.3 Å². The number of piperidine rings is 1. The minimum atomic E-state index is -0.256. The molecule has 3 aliphatic heterocycles. The quantitative estimate of drug-likeness (QED) is 0.307. The van der Waals surface area contributed by atoms with Gasteiger partial charge in [0.2, 0.25) is 0 Å². The zero-order valence-corrected chi connectivity index (χ0v) is 27.2. The number of pyridine rings is 1. The van der Waals surface area contributed by atoms with Crippen molar-refractivity contribution in [2.45, 2.75) is 38.8 Å². The lowest BCUT2D eigenvalue weighted by Crippen LogP contribution is -2.53. The first kappa shape index (κ1) is 30.6. The second-order valence-corrected chi connectivity index (χ2v) is 13.2. The summed E-state index contributed by atoms with van der Waals surface area (Å²) in [5.74, 6) is 0.878. The van der Waals surface area contributed by atoms with Gasteiger partial charge in [0.15, 0.2) is 0 Å². The number of hydrogen-bond donors (Lipinski definition) is 1. The van der Waals surface area contributed by atoms with Crippen molar-refractivity contribution in [3.63, 3.8) is 0 Å². The molecule has 1 aromatic heterocycles. The molecule has 2 saturated heterocycles. The predicted octanol–water partition coefficient (Wildman–Crippen LogP) is 5.39. The summed E-state index contributed by atoms with van der Waals surface area (Å²) in [5, 5.41) is 3.14. The Bertz CT molecular complexity index is 1870. The lowest BCUT2D eigenvalue weighted by atomic mass is 9.83. The largest absolute Gasteiger partial charge is 0.497 e. The van der Waals surface area contributed by atoms with Crippen LogP contribution in [0.1, 0.15) is 51.2 Å². The number of rotatable bonds is 6. The van der Waals surface area contributed by atoms with Crippen LogP contribution in [0.4, 0.5) is 17.1 Å². The molecule has 0 unspecified atom stereocenters. The van der Waals surface area contributed by atoms with E-state index in [1.165, 1.54) is 11.3 Å². The number of amides is 2. The second-order valence-electron chi connectivity index (χ2n) is 13.2. The minimum absolute atomic E-state index is 0.0453. The highest BCUT2D eigenvalue weighted by atomic mass is 16.5. The van der Waals surface area contributed by atoms with Crippen molar-refractivity contribution in [1.29, 1.82) is 0 Å². The van der Waals surface area contributed by atoms with Crippen molar-refractivity contribution in [2.75, 3.05) is 55.0 Å². The molecule has 0 saturated carbocycles. The van der Waals surface area contributed by atoms with E-state index in [2.05, 4.69) is 59.3 Å². The molecule has 2 amide bonds. The number of fused-ring (bicyclic) bond motifs is 4. The van der Waals surface area contributed by atoms with E-state index in [-0.39, 0.29) is 29.3 Å². The minimum Gasteiger partial charge on any atom is -0.497 e. The Morgan fingerprint density at radius 3 is 2.40 bits per heavy atom. The number of aromatic nitrogens is 1. The summed E-state index contributed by atoms with van der Waals surface area (Å²) in [7, 11) is 1.59. The molecule has 242 valence electrons. The molecule has 4 heterocycles. The molecule has 3 atom stereocenters. The fraction of sp³-hybridized carbons (Fsp3) is 0.342. The molecule has 7 rings (SSSR count). The summed E-state index contributed by atoms with van der Waals surface area (Å²) in [6, 6.07) is 26.9. The molecule has 2 bridgehead atoms. The highest BCUT2D eigenvalue weighted by molar-refractivity contribution is 6.07. The zero-order valence-electron chi connectivity index (χ0n) is 27.2. The topological polar surface area (TPSA) is 87.1 Å². The smallest absolute Gasteiger partial charge is 0.255 e. The number of anilines is 3. The van der Waals surface area contributed by atoms with E-state index in [9.17, 15) is 14.4 Å². The Morgan fingerprint density at radius 1 is 0.851 bits per heavy atom. The standard InChI is InChI=1S/C38H41N5O4/c1-25-6-4-7-31(18-25)42-17-16-40(21-26(42)2)38(46)29-12-15-35(33(20-29)39-37(45)28-10-13-32(47-3)14-11-28)41-22-27-19-30(24-41)34-8-5-9-36(44)43(34)23-27/h4-15,18,20,26-27,30H,16-17,19,21-24H2,1-3H3,(H,39,45)/t26-,27-,30+/m1/s1. The number of benzene rings is 3. The monoisotopic (exact) mass is 631 g/mol. The van der Waals surface area contributed by atoms with Crippen molar-refractivity contribution in [3.05, 3.63) is 118 Å². The number of piperazine rings is 1. The predicted molar refractivity (Wildman–Crippen MR) is 185 cm³/mol. The van der Waals surface area contributed by atoms with Gasteiger partial charge in [-0.2, -0.15) is 0 Å². The van der Waals surface area contributed by atoms with Crippen molar-refractivity contribution >= 4 is 28.9 Å². The van der Waals surface area contributed by atoms with Crippen molar-refractivity contribution in [1.82, 2.24) is 9.47 Å². The Labute approximate surface area is 275 Å². The van der Waals surface area contributed by atoms with Crippen LogP contribution in [0.3, 0.4) is 0 Å². The van der Waals surface area contributed by atoms with Gasteiger partial charge in [0.25, 0.3) is 17.4 Å². The van der Waals surface area contributed by atoms with Crippen LogP contribution in [0.15, 0.2) is 89.7 Å². The van der Waals surface area contributed by atoms with E-state index in [0.717, 1.165) is 37.4 Å². The van der Waals surface area contributed by atoms with Gasteiger partial charge in [-0.1, -0.05) is 18.2 Å². The molecule has 0 aliphatic carbocycles. The maximum atomic E-state index is 14.0. The lowest BCUT2D eigenvalue weighted by Gasteiger charge is -2.44. The van der Waals surface area contributed by atoms with E-state index in [1.807, 2.05) is 33.7 Å². The summed E-state index contributed by atoms with van der Waals surface area (Å²) in [5.41, 5.74) is 6.03. The van der Waals surface area contributed by atoms with E-state index in [1.54, 1.807) is 37.4 Å². The number of methoxy groups -OCH3 is 1. The second kappa shape index (κ2) is 12.6. The number of nitrogens with zero attached hydrogens (tertiary/aromatic N) is 4. The molecule has 47 heavy (non-hydrogen) atoms. The van der Waals surface area contributed by atoms with Gasteiger partial charge >= 0.3 is 0 Å². The van der Waals surface area contributed by atoms with E-state index in [4.69, 9.17) is 4.74 Å². The third-order valence-corrected chi connectivity index (χ3v) is 9.91. The van der Waals surface area contributed by atoms with Crippen LogP contribution < -0.4 is 25.4 Å². The Morgan fingerprint density at radius 2 is 1.64 bits per heavy atom. The number of carbonyl (C=O) groups excluding carboxylic acids is 2. The molecular formula is C38H41N5O4. The van der Waals surface area contributed by atoms with Gasteiger partial charge in [-0.15, -0.1) is 0 Å². The van der Waals surface area contributed by atoms with Gasteiger partial charge in [0.05, 0.1) is 18.5 Å². The summed E-state index contributed by atoms with van der Waals surface area (Å²) < 4.78 is 7.19. The molecule has 9 nitrogen and oxygen atoms in total. The summed E-state index contributed by atoms with van der Waals surface area (Å²) in [4.78, 5) is 46.7. The number of aryl methyl sites for hydroxylation is 1. The van der Waals surface area contributed by atoms with Crippen molar-refractivity contribution in [2.24, 2.45) is 5.92 Å². The molecule has 3 aromatic carbocycles. The van der Waals surface area contributed by atoms with Crippen LogP contribution in [-0.2, 0) is 6.54 Å². The van der Waals surface area contributed by atoms with Gasteiger partial charge in [-0.05, 0) is 92.4 Å². The zero-order chi connectivity index (χ0) is 32.7.